The van der Waals surface area contributed by atoms with Crippen molar-refractivity contribution >= 4 is 5.69 Å². The van der Waals surface area contributed by atoms with Crippen LogP contribution < -0.4 is 10.6 Å². The van der Waals surface area contributed by atoms with E-state index in [2.05, 4.69) is 30.0 Å². The third-order valence-electron chi connectivity index (χ3n) is 3.07. The summed E-state index contributed by atoms with van der Waals surface area (Å²) in [5.41, 5.74) is 9.74. The van der Waals surface area contributed by atoms with Crippen LogP contribution in [0.25, 0.3) is 0 Å². The van der Waals surface area contributed by atoms with Crippen molar-refractivity contribution in [2.24, 2.45) is 5.73 Å². The zero-order chi connectivity index (χ0) is 13.3. The molecule has 96 valence electrons. The standard InChI is InChI=1S/C15H20N2O/c1-10-5-7-12(13(9-10)17(3)4)15(16)14-8-6-11(2)18-14/h5-9,15H,16H2,1-4H3. The van der Waals surface area contributed by atoms with E-state index in [1.165, 1.54) is 5.56 Å². The number of nitrogens with two attached hydrogens (primary N) is 1. The number of rotatable bonds is 3. The van der Waals surface area contributed by atoms with E-state index >= 15 is 0 Å². The number of benzene rings is 1. The first-order chi connectivity index (χ1) is 8.49. The lowest BCUT2D eigenvalue weighted by molar-refractivity contribution is 0.466. The van der Waals surface area contributed by atoms with Crippen molar-refractivity contribution in [3.63, 3.8) is 0 Å². The first-order valence-electron chi connectivity index (χ1n) is 6.09. The lowest BCUT2D eigenvalue weighted by Gasteiger charge is -2.21. The number of hydrogen-bond donors (Lipinski definition) is 1. The minimum atomic E-state index is -0.225. The summed E-state index contributed by atoms with van der Waals surface area (Å²) in [6.45, 7) is 4.01. The molecule has 0 aliphatic rings. The highest BCUT2D eigenvalue weighted by molar-refractivity contribution is 5.57. The number of nitrogens with zero attached hydrogens (tertiary/aromatic N) is 1. The molecule has 0 aliphatic carbocycles. The molecule has 2 rings (SSSR count). The van der Waals surface area contributed by atoms with Crippen LogP contribution in [0.15, 0.2) is 34.7 Å². The molecule has 1 aromatic carbocycles. The Morgan fingerprint density at radius 3 is 2.39 bits per heavy atom. The first-order valence-corrected chi connectivity index (χ1v) is 6.09. The summed E-state index contributed by atoms with van der Waals surface area (Å²) in [4.78, 5) is 2.08. The zero-order valence-electron chi connectivity index (χ0n) is 11.4. The summed E-state index contributed by atoms with van der Waals surface area (Å²) in [6.07, 6.45) is 0. The predicted octanol–water partition coefficient (Wildman–Crippen LogP) is 3.01. The highest BCUT2D eigenvalue weighted by Gasteiger charge is 2.17. The van der Waals surface area contributed by atoms with Gasteiger partial charge in [0.1, 0.15) is 11.5 Å². The summed E-state index contributed by atoms with van der Waals surface area (Å²) >= 11 is 0. The number of hydrogen-bond acceptors (Lipinski definition) is 3. The van der Waals surface area contributed by atoms with E-state index < -0.39 is 0 Å². The average molecular weight is 244 g/mol. The molecule has 0 spiro atoms. The van der Waals surface area contributed by atoms with Crippen molar-refractivity contribution in [2.75, 3.05) is 19.0 Å². The van der Waals surface area contributed by atoms with Crippen LogP contribution in [0.2, 0.25) is 0 Å². The highest BCUT2D eigenvalue weighted by Crippen LogP contribution is 2.30. The topological polar surface area (TPSA) is 42.4 Å². The largest absolute Gasteiger partial charge is 0.464 e. The van der Waals surface area contributed by atoms with E-state index in [4.69, 9.17) is 10.2 Å². The predicted molar refractivity (Wildman–Crippen MR) is 75.0 cm³/mol. The fourth-order valence-corrected chi connectivity index (χ4v) is 2.08. The van der Waals surface area contributed by atoms with Gasteiger partial charge in [0.05, 0.1) is 6.04 Å². The zero-order valence-corrected chi connectivity index (χ0v) is 11.4. The molecule has 0 fully saturated rings. The molecule has 1 unspecified atom stereocenters. The van der Waals surface area contributed by atoms with E-state index in [0.717, 1.165) is 22.8 Å². The minimum Gasteiger partial charge on any atom is -0.464 e. The van der Waals surface area contributed by atoms with E-state index in [1.807, 2.05) is 33.2 Å². The van der Waals surface area contributed by atoms with Crippen molar-refractivity contribution in [1.82, 2.24) is 0 Å². The summed E-state index contributed by atoms with van der Waals surface area (Å²) in [6, 6.07) is 9.96. The summed E-state index contributed by atoms with van der Waals surface area (Å²) in [5.74, 6) is 1.69. The molecule has 2 N–H and O–H groups in total. The molecule has 3 nitrogen and oxygen atoms in total. The molecular weight excluding hydrogens is 224 g/mol. The Morgan fingerprint density at radius 2 is 1.83 bits per heavy atom. The molecule has 3 heteroatoms. The second-order valence-corrected chi connectivity index (χ2v) is 4.88. The van der Waals surface area contributed by atoms with Gasteiger partial charge in [-0.1, -0.05) is 12.1 Å². The van der Waals surface area contributed by atoms with Gasteiger partial charge in [-0.15, -0.1) is 0 Å². The van der Waals surface area contributed by atoms with Crippen molar-refractivity contribution in [3.05, 3.63) is 53.0 Å². The maximum atomic E-state index is 6.30. The lowest BCUT2D eigenvalue weighted by Crippen LogP contribution is -2.18. The smallest absolute Gasteiger partial charge is 0.125 e. The SMILES string of the molecule is Cc1ccc(C(N)c2ccc(C)o2)c(N(C)C)c1. The maximum Gasteiger partial charge on any atom is 0.125 e. The molecule has 1 atom stereocenters. The van der Waals surface area contributed by atoms with Gasteiger partial charge in [-0.3, -0.25) is 0 Å². The molecule has 0 bridgehead atoms. The van der Waals surface area contributed by atoms with Crippen LogP contribution in [-0.4, -0.2) is 14.1 Å². The van der Waals surface area contributed by atoms with Crippen molar-refractivity contribution in [1.29, 1.82) is 0 Å². The third-order valence-corrected chi connectivity index (χ3v) is 3.07. The molecule has 0 saturated carbocycles. The number of aryl methyl sites for hydroxylation is 2. The van der Waals surface area contributed by atoms with Crippen LogP contribution in [-0.2, 0) is 0 Å². The fraction of sp³-hybridized carbons (Fsp3) is 0.333. The van der Waals surface area contributed by atoms with E-state index in [9.17, 15) is 0 Å². The van der Waals surface area contributed by atoms with Gasteiger partial charge in [0, 0.05) is 19.8 Å². The lowest BCUT2D eigenvalue weighted by atomic mass is 10.0. The van der Waals surface area contributed by atoms with Gasteiger partial charge < -0.3 is 15.1 Å². The van der Waals surface area contributed by atoms with Gasteiger partial charge in [-0.25, -0.2) is 0 Å². The van der Waals surface area contributed by atoms with Gasteiger partial charge in [0.25, 0.3) is 0 Å². The quantitative estimate of drug-likeness (QED) is 0.902. The van der Waals surface area contributed by atoms with Gasteiger partial charge in [0.15, 0.2) is 0 Å². The Labute approximate surface area is 108 Å². The van der Waals surface area contributed by atoms with Crippen LogP contribution in [0.4, 0.5) is 5.69 Å². The molecule has 0 aliphatic heterocycles. The fourth-order valence-electron chi connectivity index (χ4n) is 2.08. The third kappa shape index (κ3) is 2.41. The van der Waals surface area contributed by atoms with Crippen molar-refractivity contribution < 1.29 is 4.42 Å². The Hall–Kier alpha value is -1.74. The van der Waals surface area contributed by atoms with Crippen LogP contribution in [0.5, 0.6) is 0 Å². The van der Waals surface area contributed by atoms with E-state index in [-0.39, 0.29) is 6.04 Å². The van der Waals surface area contributed by atoms with Crippen molar-refractivity contribution in [2.45, 2.75) is 19.9 Å². The molecule has 0 radical (unpaired) electrons. The van der Waals surface area contributed by atoms with Crippen LogP contribution in [0.3, 0.4) is 0 Å². The van der Waals surface area contributed by atoms with Crippen LogP contribution >= 0.6 is 0 Å². The van der Waals surface area contributed by atoms with E-state index in [1.54, 1.807) is 0 Å². The van der Waals surface area contributed by atoms with Gasteiger partial charge >= 0.3 is 0 Å². The maximum absolute atomic E-state index is 6.30. The Balaban J connectivity index is 2.44. The second kappa shape index (κ2) is 4.86. The van der Waals surface area contributed by atoms with Gasteiger partial charge in [-0.2, -0.15) is 0 Å². The minimum absolute atomic E-state index is 0.225. The molecule has 2 aromatic rings. The number of anilines is 1. The second-order valence-electron chi connectivity index (χ2n) is 4.88. The molecule has 1 heterocycles. The Kier molecular flexibility index (Phi) is 3.43. The molecule has 1 aromatic heterocycles. The summed E-state index contributed by atoms with van der Waals surface area (Å²) < 4.78 is 5.62. The van der Waals surface area contributed by atoms with Crippen molar-refractivity contribution in [3.8, 4) is 0 Å². The first kappa shape index (κ1) is 12.7. The molecular formula is C15H20N2O. The summed E-state index contributed by atoms with van der Waals surface area (Å²) in [5, 5.41) is 0. The monoisotopic (exact) mass is 244 g/mol. The van der Waals surface area contributed by atoms with Gasteiger partial charge in [0.2, 0.25) is 0 Å². The van der Waals surface area contributed by atoms with E-state index in [0.29, 0.717) is 0 Å². The molecule has 0 amide bonds. The number of furan rings is 1. The van der Waals surface area contributed by atoms with Gasteiger partial charge in [-0.05, 0) is 43.2 Å². The average Bonchev–Trinajstić information content (AvgIpc) is 2.75. The van der Waals surface area contributed by atoms with Crippen LogP contribution in [0.1, 0.15) is 28.7 Å². The summed E-state index contributed by atoms with van der Waals surface area (Å²) in [7, 11) is 4.05. The normalized spacial score (nSPS) is 12.5. The van der Waals surface area contributed by atoms with Crippen LogP contribution in [0, 0.1) is 13.8 Å². The highest BCUT2D eigenvalue weighted by atomic mass is 16.3. The molecule has 0 saturated heterocycles. The Bertz CT molecular complexity index is 543. The Morgan fingerprint density at radius 1 is 1.11 bits per heavy atom. The molecule has 18 heavy (non-hydrogen) atoms.